The lowest BCUT2D eigenvalue weighted by molar-refractivity contribution is -0.121. The standard InChI is InChI=1S/C21H32N2O3/c1-21(2,3)18-9-7-17(8-10-18)20(25)23-13-11-19(24)22-12-4-14-26-15-16-5-6-16/h7-10,16H,4-6,11-15H2,1-3H3,(H,22,24)(H,23,25). The van der Waals surface area contributed by atoms with Crippen molar-refractivity contribution in [3.8, 4) is 0 Å². The molecule has 0 heterocycles. The van der Waals surface area contributed by atoms with E-state index in [2.05, 4.69) is 31.4 Å². The average molecular weight is 360 g/mol. The first-order valence-corrected chi connectivity index (χ1v) is 9.59. The maximum atomic E-state index is 12.1. The highest BCUT2D eigenvalue weighted by Crippen LogP contribution is 2.28. The Balaban J connectivity index is 1.56. The number of carbonyl (C=O) groups is 2. The average Bonchev–Trinajstić information content (AvgIpc) is 3.41. The van der Waals surface area contributed by atoms with Crippen LogP contribution in [0.25, 0.3) is 0 Å². The lowest BCUT2D eigenvalue weighted by Crippen LogP contribution is -2.31. The van der Waals surface area contributed by atoms with E-state index in [1.165, 1.54) is 18.4 Å². The molecule has 1 aliphatic carbocycles. The van der Waals surface area contributed by atoms with Gasteiger partial charge in [-0.3, -0.25) is 9.59 Å². The van der Waals surface area contributed by atoms with Gasteiger partial charge in [0.1, 0.15) is 0 Å². The van der Waals surface area contributed by atoms with Gasteiger partial charge in [-0.2, -0.15) is 0 Å². The Morgan fingerprint density at radius 3 is 2.38 bits per heavy atom. The Bertz CT molecular complexity index is 586. The van der Waals surface area contributed by atoms with Crippen LogP contribution in [0.3, 0.4) is 0 Å². The Labute approximate surface area is 156 Å². The highest BCUT2D eigenvalue weighted by atomic mass is 16.5. The molecule has 5 heteroatoms. The summed E-state index contributed by atoms with van der Waals surface area (Å²) in [5, 5.41) is 5.65. The van der Waals surface area contributed by atoms with E-state index >= 15 is 0 Å². The van der Waals surface area contributed by atoms with E-state index in [4.69, 9.17) is 4.74 Å². The van der Waals surface area contributed by atoms with E-state index in [0.717, 1.165) is 18.9 Å². The summed E-state index contributed by atoms with van der Waals surface area (Å²) in [6, 6.07) is 7.62. The maximum Gasteiger partial charge on any atom is 0.251 e. The molecule has 0 radical (unpaired) electrons. The quantitative estimate of drug-likeness (QED) is 0.630. The van der Waals surface area contributed by atoms with E-state index in [1.807, 2.05) is 24.3 Å². The lowest BCUT2D eigenvalue weighted by Gasteiger charge is -2.19. The predicted molar refractivity (Wildman–Crippen MR) is 103 cm³/mol. The van der Waals surface area contributed by atoms with Gasteiger partial charge in [0, 0.05) is 38.3 Å². The molecule has 0 spiro atoms. The minimum Gasteiger partial charge on any atom is -0.381 e. The number of nitrogens with one attached hydrogen (secondary N) is 2. The lowest BCUT2D eigenvalue weighted by atomic mass is 9.87. The second-order valence-electron chi connectivity index (χ2n) is 8.06. The first kappa shape index (κ1) is 20.4. The molecule has 0 aliphatic heterocycles. The van der Waals surface area contributed by atoms with Gasteiger partial charge in [-0.05, 0) is 48.3 Å². The predicted octanol–water partition coefficient (Wildman–Crippen LogP) is 3.04. The maximum absolute atomic E-state index is 12.1. The third kappa shape index (κ3) is 7.56. The molecule has 5 nitrogen and oxygen atoms in total. The normalized spacial score (nSPS) is 14.1. The number of amides is 2. The summed E-state index contributed by atoms with van der Waals surface area (Å²) < 4.78 is 5.52. The molecule has 0 saturated heterocycles. The van der Waals surface area contributed by atoms with Gasteiger partial charge < -0.3 is 15.4 Å². The van der Waals surface area contributed by atoms with Crippen LogP contribution in [-0.4, -0.2) is 38.1 Å². The summed E-state index contributed by atoms with van der Waals surface area (Å²) in [5.41, 5.74) is 1.87. The highest BCUT2D eigenvalue weighted by Gasteiger charge is 2.20. The second kappa shape index (κ2) is 9.72. The molecular formula is C21H32N2O3. The first-order valence-electron chi connectivity index (χ1n) is 9.59. The molecule has 1 aromatic carbocycles. The Morgan fingerprint density at radius 2 is 1.77 bits per heavy atom. The molecule has 2 N–H and O–H groups in total. The molecule has 2 rings (SSSR count). The Morgan fingerprint density at radius 1 is 1.08 bits per heavy atom. The van der Waals surface area contributed by atoms with E-state index in [0.29, 0.717) is 25.3 Å². The zero-order valence-electron chi connectivity index (χ0n) is 16.3. The molecular weight excluding hydrogens is 328 g/mol. The van der Waals surface area contributed by atoms with E-state index in [1.54, 1.807) is 0 Å². The van der Waals surface area contributed by atoms with Gasteiger partial charge in [-0.15, -0.1) is 0 Å². The number of benzene rings is 1. The third-order valence-electron chi connectivity index (χ3n) is 4.49. The summed E-state index contributed by atoms with van der Waals surface area (Å²) in [6.45, 7) is 8.92. The van der Waals surface area contributed by atoms with Crippen LogP contribution >= 0.6 is 0 Å². The van der Waals surface area contributed by atoms with Crippen LogP contribution in [0.15, 0.2) is 24.3 Å². The monoisotopic (exact) mass is 360 g/mol. The van der Waals surface area contributed by atoms with Crippen molar-refractivity contribution in [1.82, 2.24) is 10.6 Å². The summed E-state index contributed by atoms with van der Waals surface area (Å²) in [5.74, 6) is 0.583. The van der Waals surface area contributed by atoms with Crippen LogP contribution in [0.2, 0.25) is 0 Å². The molecule has 26 heavy (non-hydrogen) atoms. The van der Waals surface area contributed by atoms with Gasteiger partial charge in [0.2, 0.25) is 5.91 Å². The summed E-state index contributed by atoms with van der Waals surface area (Å²) in [7, 11) is 0. The minimum absolute atomic E-state index is 0.0458. The second-order valence-corrected chi connectivity index (χ2v) is 8.06. The van der Waals surface area contributed by atoms with Gasteiger partial charge in [-0.25, -0.2) is 0 Å². The van der Waals surface area contributed by atoms with Crippen LogP contribution in [0.1, 0.15) is 62.4 Å². The summed E-state index contributed by atoms with van der Waals surface area (Å²) >= 11 is 0. The highest BCUT2D eigenvalue weighted by molar-refractivity contribution is 5.94. The van der Waals surface area contributed by atoms with Crippen LogP contribution in [0.5, 0.6) is 0 Å². The number of rotatable bonds is 10. The van der Waals surface area contributed by atoms with Crippen molar-refractivity contribution in [3.05, 3.63) is 35.4 Å². The molecule has 1 saturated carbocycles. The minimum atomic E-state index is -0.147. The van der Waals surface area contributed by atoms with Crippen molar-refractivity contribution in [3.63, 3.8) is 0 Å². The van der Waals surface area contributed by atoms with Crippen molar-refractivity contribution in [1.29, 1.82) is 0 Å². The first-order chi connectivity index (χ1) is 12.4. The van der Waals surface area contributed by atoms with E-state index in [-0.39, 0.29) is 23.7 Å². The molecule has 1 fully saturated rings. The third-order valence-corrected chi connectivity index (χ3v) is 4.49. The zero-order valence-corrected chi connectivity index (χ0v) is 16.3. The van der Waals surface area contributed by atoms with Crippen molar-refractivity contribution in [2.45, 2.75) is 51.9 Å². The van der Waals surface area contributed by atoms with Gasteiger partial charge in [-0.1, -0.05) is 32.9 Å². The van der Waals surface area contributed by atoms with Gasteiger partial charge in [0.15, 0.2) is 0 Å². The largest absolute Gasteiger partial charge is 0.381 e. The van der Waals surface area contributed by atoms with Crippen molar-refractivity contribution in [2.24, 2.45) is 5.92 Å². The molecule has 1 aliphatic rings. The molecule has 0 bridgehead atoms. The van der Waals surface area contributed by atoms with Gasteiger partial charge in [0.25, 0.3) is 5.91 Å². The van der Waals surface area contributed by atoms with Gasteiger partial charge in [0.05, 0.1) is 0 Å². The Hall–Kier alpha value is -1.88. The van der Waals surface area contributed by atoms with Crippen LogP contribution < -0.4 is 10.6 Å². The fourth-order valence-electron chi connectivity index (χ4n) is 2.54. The molecule has 2 amide bonds. The van der Waals surface area contributed by atoms with E-state index < -0.39 is 0 Å². The smallest absolute Gasteiger partial charge is 0.251 e. The SMILES string of the molecule is CC(C)(C)c1ccc(C(=O)NCCC(=O)NCCCOCC2CC2)cc1. The Kier molecular flexibility index (Phi) is 7.64. The van der Waals surface area contributed by atoms with Crippen molar-refractivity contribution in [2.75, 3.05) is 26.3 Å². The summed E-state index contributed by atoms with van der Waals surface area (Å²) in [6.07, 6.45) is 3.70. The molecule has 0 unspecified atom stereocenters. The number of hydrogen-bond donors (Lipinski definition) is 2. The summed E-state index contributed by atoms with van der Waals surface area (Å²) in [4.78, 5) is 23.9. The topological polar surface area (TPSA) is 67.4 Å². The number of carbonyl (C=O) groups excluding carboxylic acids is 2. The molecule has 0 atom stereocenters. The van der Waals surface area contributed by atoms with Crippen LogP contribution in [0, 0.1) is 5.92 Å². The number of hydrogen-bond acceptors (Lipinski definition) is 3. The molecule has 0 aromatic heterocycles. The van der Waals surface area contributed by atoms with Crippen molar-refractivity contribution < 1.29 is 14.3 Å². The zero-order chi connectivity index (χ0) is 19.0. The molecule has 144 valence electrons. The number of ether oxygens (including phenoxy) is 1. The van der Waals surface area contributed by atoms with Crippen molar-refractivity contribution >= 4 is 11.8 Å². The molecule has 1 aromatic rings. The van der Waals surface area contributed by atoms with Gasteiger partial charge >= 0.3 is 0 Å². The van der Waals surface area contributed by atoms with Crippen LogP contribution in [-0.2, 0) is 14.9 Å². The van der Waals surface area contributed by atoms with E-state index in [9.17, 15) is 9.59 Å². The fraction of sp³-hybridized carbons (Fsp3) is 0.619. The van der Waals surface area contributed by atoms with Crippen LogP contribution in [0.4, 0.5) is 0 Å². The fourth-order valence-corrected chi connectivity index (χ4v) is 2.54.